The van der Waals surface area contributed by atoms with Crippen LogP contribution in [0.1, 0.15) is 16.8 Å². The van der Waals surface area contributed by atoms with E-state index < -0.39 is 10.8 Å². The second-order valence-corrected chi connectivity index (χ2v) is 4.56. The van der Waals surface area contributed by atoms with Crippen LogP contribution in [-0.2, 0) is 4.79 Å². The van der Waals surface area contributed by atoms with E-state index in [-0.39, 0.29) is 23.7 Å². The van der Waals surface area contributed by atoms with Crippen molar-refractivity contribution in [3.05, 3.63) is 33.9 Å². The lowest BCUT2D eigenvalue weighted by molar-refractivity contribution is -0.385. The van der Waals surface area contributed by atoms with Crippen LogP contribution in [0.3, 0.4) is 0 Å². The number of amides is 2. The van der Waals surface area contributed by atoms with Gasteiger partial charge in [0.1, 0.15) is 5.56 Å². The summed E-state index contributed by atoms with van der Waals surface area (Å²) in [5, 5.41) is 13.7. The first-order valence-corrected chi connectivity index (χ1v) is 6.34. The van der Waals surface area contributed by atoms with E-state index in [1.165, 1.54) is 23.1 Å². The van der Waals surface area contributed by atoms with Crippen molar-refractivity contribution in [3.63, 3.8) is 0 Å². The molecular formula is C12H15N5O4. The monoisotopic (exact) mass is 293 g/mol. The predicted octanol–water partition coefficient (Wildman–Crippen LogP) is -0.157. The predicted molar refractivity (Wildman–Crippen MR) is 74.4 cm³/mol. The van der Waals surface area contributed by atoms with Gasteiger partial charge in [0.15, 0.2) is 0 Å². The molecular weight excluding hydrogens is 278 g/mol. The molecule has 1 heterocycles. The van der Waals surface area contributed by atoms with Crippen LogP contribution in [-0.4, -0.2) is 41.3 Å². The highest BCUT2D eigenvalue weighted by Crippen LogP contribution is 2.24. The van der Waals surface area contributed by atoms with Gasteiger partial charge in [-0.05, 0) is 18.6 Å². The van der Waals surface area contributed by atoms with Crippen LogP contribution in [0.5, 0.6) is 0 Å². The fourth-order valence-corrected chi connectivity index (χ4v) is 2.11. The Morgan fingerprint density at radius 2 is 2.24 bits per heavy atom. The summed E-state index contributed by atoms with van der Waals surface area (Å²) < 4.78 is 0. The van der Waals surface area contributed by atoms with Crippen molar-refractivity contribution in [3.8, 4) is 0 Å². The SMILES string of the molecule is NNc1ccc([N+](=O)[O-])c(C(=O)N2CCCNC(=O)C2)c1. The highest BCUT2D eigenvalue weighted by atomic mass is 16.6. The lowest BCUT2D eigenvalue weighted by Gasteiger charge is -2.19. The number of carbonyl (C=O) groups excluding carboxylic acids is 2. The quantitative estimate of drug-likeness (QED) is 0.403. The van der Waals surface area contributed by atoms with Crippen LogP contribution in [0.4, 0.5) is 11.4 Å². The number of hydrogen-bond donors (Lipinski definition) is 3. The van der Waals surface area contributed by atoms with Crippen molar-refractivity contribution in [2.75, 3.05) is 25.1 Å². The van der Waals surface area contributed by atoms with Gasteiger partial charge in [0.25, 0.3) is 11.6 Å². The molecule has 1 aliphatic rings. The van der Waals surface area contributed by atoms with Crippen molar-refractivity contribution in [2.45, 2.75) is 6.42 Å². The molecule has 0 radical (unpaired) electrons. The molecule has 9 heteroatoms. The minimum Gasteiger partial charge on any atom is -0.354 e. The number of anilines is 1. The van der Waals surface area contributed by atoms with Crippen molar-refractivity contribution < 1.29 is 14.5 Å². The number of nitrogens with zero attached hydrogens (tertiary/aromatic N) is 2. The minimum absolute atomic E-state index is 0.0925. The molecule has 21 heavy (non-hydrogen) atoms. The van der Waals surface area contributed by atoms with Gasteiger partial charge in [0.05, 0.1) is 11.5 Å². The zero-order chi connectivity index (χ0) is 15.4. The van der Waals surface area contributed by atoms with Gasteiger partial charge in [-0.25, -0.2) is 0 Å². The molecule has 1 aliphatic heterocycles. The summed E-state index contributed by atoms with van der Waals surface area (Å²) in [6, 6.07) is 3.92. The summed E-state index contributed by atoms with van der Waals surface area (Å²) in [6.07, 6.45) is 0.597. The molecule has 1 aromatic carbocycles. The minimum atomic E-state index is -0.634. The van der Waals surface area contributed by atoms with E-state index in [1.54, 1.807) is 0 Å². The maximum atomic E-state index is 12.5. The van der Waals surface area contributed by atoms with E-state index in [2.05, 4.69) is 10.7 Å². The Kier molecular flexibility index (Phi) is 4.33. The summed E-state index contributed by atoms with van der Waals surface area (Å²) in [4.78, 5) is 35.7. The van der Waals surface area contributed by atoms with Gasteiger partial charge in [-0.2, -0.15) is 0 Å². The molecule has 1 aromatic rings. The topological polar surface area (TPSA) is 131 Å². The van der Waals surface area contributed by atoms with Gasteiger partial charge < -0.3 is 15.6 Å². The largest absolute Gasteiger partial charge is 0.354 e. The van der Waals surface area contributed by atoms with Crippen LogP contribution in [0.2, 0.25) is 0 Å². The Morgan fingerprint density at radius 1 is 1.48 bits per heavy atom. The maximum absolute atomic E-state index is 12.5. The summed E-state index contributed by atoms with van der Waals surface area (Å²) in [5.74, 6) is 4.42. The van der Waals surface area contributed by atoms with Crippen LogP contribution in [0.25, 0.3) is 0 Å². The normalized spacial score (nSPS) is 15.1. The van der Waals surface area contributed by atoms with E-state index in [0.717, 1.165) is 0 Å². The average molecular weight is 293 g/mol. The van der Waals surface area contributed by atoms with Crippen molar-refractivity contribution >= 4 is 23.2 Å². The molecule has 0 saturated carbocycles. The molecule has 112 valence electrons. The highest BCUT2D eigenvalue weighted by molar-refractivity contribution is 6.00. The van der Waals surface area contributed by atoms with Crippen molar-refractivity contribution in [1.82, 2.24) is 10.2 Å². The van der Waals surface area contributed by atoms with Crippen molar-refractivity contribution in [1.29, 1.82) is 0 Å². The van der Waals surface area contributed by atoms with Crippen LogP contribution < -0.4 is 16.6 Å². The number of nitrogens with two attached hydrogens (primary N) is 1. The number of nitro groups is 1. The number of hydrogen-bond acceptors (Lipinski definition) is 6. The first kappa shape index (κ1) is 14.7. The zero-order valence-corrected chi connectivity index (χ0v) is 11.2. The number of nitro benzene ring substituents is 1. The number of hydrazine groups is 1. The lowest BCUT2D eigenvalue weighted by atomic mass is 10.1. The van der Waals surface area contributed by atoms with Crippen molar-refractivity contribution in [2.24, 2.45) is 5.84 Å². The van der Waals surface area contributed by atoms with Crippen LogP contribution in [0, 0.1) is 10.1 Å². The smallest absolute Gasteiger partial charge is 0.282 e. The third kappa shape index (κ3) is 3.26. The summed E-state index contributed by atoms with van der Waals surface area (Å²) in [6.45, 7) is 0.723. The molecule has 4 N–H and O–H groups in total. The third-order valence-corrected chi connectivity index (χ3v) is 3.14. The molecule has 1 fully saturated rings. The zero-order valence-electron chi connectivity index (χ0n) is 11.2. The lowest BCUT2D eigenvalue weighted by Crippen LogP contribution is -2.37. The van der Waals surface area contributed by atoms with Gasteiger partial charge in [0, 0.05) is 24.8 Å². The number of nitrogens with one attached hydrogen (secondary N) is 2. The Bertz CT molecular complexity index is 589. The second-order valence-electron chi connectivity index (χ2n) is 4.56. The van der Waals surface area contributed by atoms with Gasteiger partial charge in [-0.1, -0.05) is 0 Å². The molecule has 0 aliphatic carbocycles. The molecule has 1 saturated heterocycles. The molecule has 0 unspecified atom stereocenters. The molecule has 2 amide bonds. The first-order valence-electron chi connectivity index (χ1n) is 6.34. The Morgan fingerprint density at radius 3 is 2.90 bits per heavy atom. The Labute approximate surface area is 120 Å². The second kappa shape index (κ2) is 6.18. The van der Waals surface area contributed by atoms with Gasteiger partial charge in [-0.3, -0.25) is 25.5 Å². The fourth-order valence-electron chi connectivity index (χ4n) is 2.11. The number of carbonyl (C=O) groups is 2. The molecule has 0 bridgehead atoms. The van der Waals surface area contributed by atoms with Gasteiger partial charge in [-0.15, -0.1) is 0 Å². The standard InChI is InChI=1S/C12H15N5O4/c13-15-8-2-3-10(17(20)21)9(6-8)12(19)16-5-1-4-14-11(18)7-16/h2-3,6,15H,1,4-5,7,13H2,(H,14,18). The number of nitrogen functional groups attached to an aromatic ring is 1. The van der Waals surface area contributed by atoms with Crippen LogP contribution >= 0.6 is 0 Å². The van der Waals surface area contributed by atoms with Gasteiger partial charge in [0.2, 0.25) is 5.91 Å². The fraction of sp³-hybridized carbons (Fsp3) is 0.333. The van der Waals surface area contributed by atoms with Gasteiger partial charge >= 0.3 is 0 Å². The molecule has 2 rings (SSSR count). The van der Waals surface area contributed by atoms with E-state index in [1.807, 2.05) is 0 Å². The molecule has 0 spiro atoms. The Hall–Kier alpha value is -2.68. The number of benzene rings is 1. The summed E-state index contributed by atoms with van der Waals surface area (Å²) in [5.41, 5.74) is 2.31. The molecule has 0 atom stereocenters. The van der Waals surface area contributed by atoms with E-state index in [9.17, 15) is 19.7 Å². The Balaban J connectivity index is 2.36. The molecule has 0 aromatic heterocycles. The molecule has 9 nitrogen and oxygen atoms in total. The summed E-state index contributed by atoms with van der Waals surface area (Å²) in [7, 11) is 0. The van der Waals surface area contributed by atoms with E-state index >= 15 is 0 Å². The maximum Gasteiger partial charge on any atom is 0.282 e. The number of rotatable bonds is 3. The average Bonchev–Trinajstić information content (AvgIpc) is 2.70. The van der Waals surface area contributed by atoms with E-state index in [4.69, 9.17) is 5.84 Å². The van der Waals surface area contributed by atoms with Crippen LogP contribution in [0.15, 0.2) is 18.2 Å². The summed E-state index contributed by atoms with van der Waals surface area (Å²) >= 11 is 0. The van der Waals surface area contributed by atoms with E-state index in [0.29, 0.717) is 25.2 Å². The first-order chi connectivity index (χ1) is 10.0. The third-order valence-electron chi connectivity index (χ3n) is 3.14. The highest BCUT2D eigenvalue weighted by Gasteiger charge is 2.27.